The van der Waals surface area contributed by atoms with Gasteiger partial charge in [0.25, 0.3) is 0 Å². The van der Waals surface area contributed by atoms with Crippen LogP contribution in [0.4, 0.5) is 13.2 Å². The average Bonchev–Trinajstić information content (AvgIpc) is 2.66. The number of carbonyl (C=O) groups is 2. The molecule has 0 N–H and O–H groups in total. The van der Waals surface area contributed by atoms with Gasteiger partial charge in [-0.3, -0.25) is 9.59 Å². The van der Waals surface area contributed by atoms with Gasteiger partial charge in [0, 0.05) is 5.56 Å². The molecular formula is C12H9F3O4. The van der Waals surface area contributed by atoms with E-state index in [4.69, 9.17) is 4.74 Å². The maximum atomic E-state index is 12.8. The van der Waals surface area contributed by atoms with Crippen molar-refractivity contribution >= 4 is 11.9 Å². The molecule has 0 bridgehead atoms. The molecule has 1 aromatic rings. The molecule has 1 aliphatic heterocycles. The smallest absolute Gasteiger partial charge is 0.419 e. The number of esters is 2. The summed E-state index contributed by atoms with van der Waals surface area (Å²) >= 11 is 0. The van der Waals surface area contributed by atoms with E-state index in [9.17, 15) is 22.8 Å². The van der Waals surface area contributed by atoms with E-state index in [2.05, 4.69) is 4.74 Å². The molecule has 1 aliphatic rings. The van der Waals surface area contributed by atoms with Gasteiger partial charge >= 0.3 is 18.1 Å². The summed E-state index contributed by atoms with van der Waals surface area (Å²) in [6.07, 6.45) is -4.88. The zero-order chi connectivity index (χ0) is 14.2. The number of benzene rings is 1. The lowest BCUT2D eigenvalue weighted by molar-refractivity contribution is -0.152. The van der Waals surface area contributed by atoms with Crippen molar-refractivity contribution in [3.63, 3.8) is 0 Å². The summed E-state index contributed by atoms with van der Waals surface area (Å²) < 4.78 is 47.5. The molecule has 1 saturated heterocycles. The molecule has 0 spiro atoms. The molecule has 2 rings (SSSR count). The lowest BCUT2D eigenvalue weighted by Gasteiger charge is -2.17. The van der Waals surface area contributed by atoms with Gasteiger partial charge in [-0.25, -0.2) is 0 Å². The van der Waals surface area contributed by atoms with E-state index in [0.29, 0.717) is 0 Å². The number of hydrogen-bond acceptors (Lipinski definition) is 4. The van der Waals surface area contributed by atoms with Gasteiger partial charge in [0.1, 0.15) is 5.75 Å². The quantitative estimate of drug-likeness (QED) is 0.613. The molecule has 1 atom stereocenters. The maximum Gasteiger partial charge on any atom is 0.419 e. The highest BCUT2D eigenvalue weighted by atomic mass is 19.4. The predicted molar refractivity (Wildman–Crippen MR) is 56.5 cm³/mol. The monoisotopic (exact) mass is 274 g/mol. The summed E-state index contributed by atoms with van der Waals surface area (Å²) in [5.41, 5.74) is -0.979. The molecule has 1 unspecified atom stereocenters. The lowest BCUT2D eigenvalue weighted by Crippen LogP contribution is -2.13. The van der Waals surface area contributed by atoms with Gasteiger partial charge in [-0.2, -0.15) is 13.2 Å². The summed E-state index contributed by atoms with van der Waals surface area (Å²) in [6, 6.07) is 3.33. The van der Waals surface area contributed by atoms with Crippen LogP contribution < -0.4 is 4.74 Å². The third-order valence-electron chi connectivity index (χ3n) is 2.80. The molecule has 0 aromatic heterocycles. The lowest BCUT2D eigenvalue weighted by atomic mass is 9.94. The Hall–Kier alpha value is -2.05. The first-order chi connectivity index (χ1) is 8.84. The standard InChI is InChI=1S/C12H9F3O4/c1-18-10-6(7-5-9(16)19-11(7)17)3-2-4-8(10)12(13,14)15/h2-4,7H,5H2,1H3. The van der Waals surface area contributed by atoms with Crippen LogP contribution >= 0.6 is 0 Å². The van der Waals surface area contributed by atoms with Crippen LogP contribution in [-0.4, -0.2) is 19.0 Å². The maximum absolute atomic E-state index is 12.8. The molecule has 19 heavy (non-hydrogen) atoms. The van der Waals surface area contributed by atoms with Crippen LogP contribution in [0.1, 0.15) is 23.5 Å². The number of methoxy groups -OCH3 is 1. The Bertz CT molecular complexity index is 536. The molecule has 1 aromatic carbocycles. The number of carbonyl (C=O) groups excluding carboxylic acids is 2. The van der Waals surface area contributed by atoms with Crippen molar-refractivity contribution in [1.82, 2.24) is 0 Å². The molecule has 4 nitrogen and oxygen atoms in total. The van der Waals surface area contributed by atoms with E-state index in [1.165, 1.54) is 6.07 Å². The number of rotatable bonds is 2. The fourth-order valence-electron chi connectivity index (χ4n) is 1.99. The number of ether oxygens (including phenoxy) is 2. The highest BCUT2D eigenvalue weighted by Crippen LogP contribution is 2.42. The van der Waals surface area contributed by atoms with Crippen molar-refractivity contribution in [3.05, 3.63) is 29.3 Å². The highest BCUT2D eigenvalue weighted by Gasteiger charge is 2.40. The molecule has 0 aliphatic carbocycles. The summed E-state index contributed by atoms with van der Waals surface area (Å²) in [5.74, 6) is -3.12. The first-order valence-corrected chi connectivity index (χ1v) is 5.33. The Balaban J connectivity index is 2.53. The average molecular weight is 274 g/mol. The third-order valence-corrected chi connectivity index (χ3v) is 2.80. The van der Waals surface area contributed by atoms with Crippen LogP contribution in [0.5, 0.6) is 5.75 Å². The van der Waals surface area contributed by atoms with Gasteiger partial charge in [0.2, 0.25) is 0 Å². The largest absolute Gasteiger partial charge is 0.496 e. The second kappa shape index (κ2) is 4.56. The van der Waals surface area contributed by atoms with E-state index < -0.39 is 35.3 Å². The summed E-state index contributed by atoms with van der Waals surface area (Å²) in [4.78, 5) is 22.4. The van der Waals surface area contributed by atoms with Crippen LogP contribution in [0.2, 0.25) is 0 Å². The van der Waals surface area contributed by atoms with Gasteiger partial charge in [0.05, 0.1) is 25.0 Å². The second-order valence-electron chi connectivity index (χ2n) is 3.98. The van der Waals surface area contributed by atoms with E-state index >= 15 is 0 Å². The van der Waals surface area contributed by atoms with Gasteiger partial charge < -0.3 is 9.47 Å². The zero-order valence-corrected chi connectivity index (χ0v) is 9.78. The Morgan fingerprint density at radius 2 is 2.00 bits per heavy atom. The first kappa shape index (κ1) is 13.4. The minimum absolute atomic E-state index is 0.00757. The van der Waals surface area contributed by atoms with Crippen LogP contribution in [0.3, 0.4) is 0 Å². The van der Waals surface area contributed by atoms with Crippen molar-refractivity contribution in [2.75, 3.05) is 7.11 Å². The highest BCUT2D eigenvalue weighted by molar-refractivity contribution is 5.98. The molecule has 0 radical (unpaired) electrons. The number of hydrogen-bond donors (Lipinski definition) is 0. The number of para-hydroxylation sites is 1. The molecule has 7 heteroatoms. The Labute approximate surface area is 106 Å². The van der Waals surface area contributed by atoms with Crippen LogP contribution in [0, 0.1) is 0 Å². The van der Waals surface area contributed by atoms with Gasteiger partial charge in [-0.05, 0) is 6.07 Å². The van der Waals surface area contributed by atoms with E-state index in [1.54, 1.807) is 0 Å². The Kier molecular flexibility index (Phi) is 3.21. The number of alkyl halides is 3. The van der Waals surface area contributed by atoms with Crippen LogP contribution in [-0.2, 0) is 20.5 Å². The Morgan fingerprint density at radius 1 is 1.32 bits per heavy atom. The van der Waals surface area contributed by atoms with Gasteiger partial charge in [-0.15, -0.1) is 0 Å². The molecule has 1 heterocycles. The summed E-state index contributed by atoms with van der Waals surface area (Å²) in [6.45, 7) is 0. The van der Waals surface area contributed by atoms with Gasteiger partial charge in [0.15, 0.2) is 0 Å². The molecule has 0 amide bonds. The third kappa shape index (κ3) is 2.40. The number of halogens is 3. The zero-order valence-electron chi connectivity index (χ0n) is 9.78. The van der Waals surface area contributed by atoms with Crippen LogP contribution in [0.25, 0.3) is 0 Å². The van der Waals surface area contributed by atoms with Crippen molar-refractivity contribution in [2.24, 2.45) is 0 Å². The fraction of sp³-hybridized carbons (Fsp3) is 0.333. The van der Waals surface area contributed by atoms with E-state index in [1.807, 2.05) is 0 Å². The van der Waals surface area contributed by atoms with Crippen molar-refractivity contribution in [1.29, 1.82) is 0 Å². The fourth-order valence-corrected chi connectivity index (χ4v) is 1.99. The normalized spacial score (nSPS) is 19.5. The molecule has 1 fully saturated rings. The van der Waals surface area contributed by atoms with Crippen LogP contribution in [0.15, 0.2) is 18.2 Å². The minimum Gasteiger partial charge on any atom is -0.496 e. The Morgan fingerprint density at radius 3 is 2.47 bits per heavy atom. The topological polar surface area (TPSA) is 52.6 Å². The molecule has 102 valence electrons. The number of cyclic esters (lactones) is 2. The van der Waals surface area contributed by atoms with Gasteiger partial charge in [-0.1, -0.05) is 12.1 Å². The van der Waals surface area contributed by atoms with Crippen molar-refractivity contribution in [3.8, 4) is 5.75 Å². The summed E-state index contributed by atoms with van der Waals surface area (Å²) in [5, 5.41) is 0. The van der Waals surface area contributed by atoms with Crippen molar-refractivity contribution < 1.29 is 32.2 Å². The summed E-state index contributed by atoms with van der Waals surface area (Å²) in [7, 11) is 1.08. The second-order valence-corrected chi connectivity index (χ2v) is 3.98. The molecular weight excluding hydrogens is 265 g/mol. The van der Waals surface area contributed by atoms with E-state index in [-0.39, 0.29) is 12.0 Å². The predicted octanol–water partition coefficient (Wildman–Crippen LogP) is 2.27. The first-order valence-electron chi connectivity index (χ1n) is 5.33. The van der Waals surface area contributed by atoms with Crippen molar-refractivity contribution in [2.45, 2.75) is 18.5 Å². The minimum atomic E-state index is -4.60. The molecule has 0 saturated carbocycles. The SMILES string of the molecule is COc1c(C2CC(=O)OC2=O)cccc1C(F)(F)F. The van der Waals surface area contributed by atoms with E-state index in [0.717, 1.165) is 19.2 Å².